The first-order valence-corrected chi connectivity index (χ1v) is 8.81. The Labute approximate surface area is 145 Å². The molecule has 3 aromatic rings. The number of nitriles is 1. The van der Waals surface area contributed by atoms with Crippen LogP contribution in [-0.2, 0) is 20.9 Å². The zero-order valence-electron chi connectivity index (χ0n) is 13.3. The molecule has 0 unspecified atom stereocenters. The zero-order valence-corrected chi connectivity index (χ0v) is 14.2. The number of nitrogens with zero attached hydrogens (tertiary/aromatic N) is 2. The summed E-state index contributed by atoms with van der Waals surface area (Å²) in [4.78, 5) is 0.0829. The summed E-state index contributed by atoms with van der Waals surface area (Å²) in [5, 5.41) is 12.8. The number of hydrogen-bond donors (Lipinski definition) is 0. The van der Waals surface area contributed by atoms with Crippen molar-refractivity contribution in [2.45, 2.75) is 18.4 Å². The van der Waals surface area contributed by atoms with E-state index < -0.39 is 10.1 Å². The Morgan fingerprint density at radius 1 is 1.16 bits per heavy atom. The van der Waals surface area contributed by atoms with Crippen LogP contribution in [0.1, 0.15) is 16.9 Å². The van der Waals surface area contributed by atoms with Gasteiger partial charge in [-0.05, 0) is 31.2 Å². The van der Waals surface area contributed by atoms with Crippen LogP contribution in [0.5, 0.6) is 0 Å². The van der Waals surface area contributed by atoms with Gasteiger partial charge in [0.2, 0.25) is 0 Å². The lowest BCUT2D eigenvalue weighted by molar-refractivity contribution is 0.254. The van der Waals surface area contributed by atoms with E-state index in [0.29, 0.717) is 16.8 Å². The number of hydrogen-bond acceptors (Lipinski definition) is 6. The molecule has 0 spiro atoms. The number of aryl methyl sites for hydroxylation is 1. The van der Waals surface area contributed by atoms with E-state index in [1.54, 1.807) is 42.5 Å². The van der Waals surface area contributed by atoms with Crippen LogP contribution >= 0.6 is 0 Å². The minimum atomic E-state index is -3.87. The van der Waals surface area contributed by atoms with E-state index >= 15 is 0 Å². The second-order valence-electron chi connectivity index (χ2n) is 5.40. The molecule has 0 atom stereocenters. The van der Waals surface area contributed by atoms with Crippen LogP contribution in [0.2, 0.25) is 0 Å². The van der Waals surface area contributed by atoms with Crippen molar-refractivity contribution >= 4 is 10.1 Å². The molecule has 3 rings (SSSR count). The molecule has 2 aromatic carbocycles. The molecule has 6 nitrogen and oxygen atoms in total. The van der Waals surface area contributed by atoms with Crippen LogP contribution in [0.15, 0.2) is 64.0 Å². The van der Waals surface area contributed by atoms with Gasteiger partial charge in [-0.1, -0.05) is 35.0 Å². The van der Waals surface area contributed by atoms with Crippen LogP contribution in [0, 0.1) is 18.3 Å². The van der Waals surface area contributed by atoms with E-state index in [2.05, 4.69) is 5.16 Å². The molecule has 0 N–H and O–H groups in total. The topological polar surface area (TPSA) is 93.2 Å². The van der Waals surface area contributed by atoms with Gasteiger partial charge in [0.05, 0.1) is 16.5 Å². The molecule has 25 heavy (non-hydrogen) atoms. The third-order valence-electron chi connectivity index (χ3n) is 3.51. The first-order valence-electron chi connectivity index (χ1n) is 7.40. The van der Waals surface area contributed by atoms with E-state index in [9.17, 15) is 8.42 Å². The summed E-state index contributed by atoms with van der Waals surface area (Å²) in [6.07, 6.45) is 0. The summed E-state index contributed by atoms with van der Waals surface area (Å²) >= 11 is 0. The van der Waals surface area contributed by atoms with Crippen molar-refractivity contribution in [2.75, 3.05) is 0 Å². The van der Waals surface area contributed by atoms with Gasteiger partial charge in [0.1, 0.15) is 12.3 Å². The van der Waals surface area contributed by atoms with Crippen LogP contribution in [-0.4, -0.2) is 13.6 Å². The van der Waals surface area contributed by atoms with E-state index in [4.69, 9.17) is 14.0 Å². The highest BCUT2D eigenvalue weighted by atomic mass is 32.2. The smallest absolute Gasteiger partial charge is 0.297 e. The molecular weight excluding hydrogens is 340 g/mol. The summed E-state index contributed by atoms with van der Waals surface area (Å²) in [5.74, 6) is 0.271. The first kappa shape index (κ1) is 16.9. The first-order chi connectivity index (χ1) is 12.0. The molecule has 0 saturated heterocycles. The highest BCUT2D eigenvalue weighted by Crippen LogP contribution is 2.22. The second kappa shape index (κ2) is 6.89. The maximum atomic E-state index is 12.2. The monoisotopic (exact) mass is 354 g/mol. The summed E-state index contributed by atoms with van der Waals surface area (Å²) in [6, 6.07) is 16.9. The van der Waals surface area contributed by atoms with Gasteiger partial charge in [-0.25, -0.2) is 0 Å². The van der Waals surface area contributed by atoms with Crippen molar-refractivity contribution in [3.63, 3.8) is 0 Å². The van der Waals surface area contributed by atoms with E-state index in [-0.39, 0.29) is 17.3 Å². The molecule has 0 fully saturated rings. The van der Waals surface area contributed by atoms with Crippen molar-refractivity contribution in [3.05, 3.63) is 71.5 Å². The largest absolute Gasteiger partial charge is 0.358 e. The van der Waals surface area contributed by atoms with Crippen molar-refractivity contribution in [1.82, 2.24) is 5.16 Å². The van der Waals surface area contributed by atoms with Gasteiger partial charge in [0.25, 0.3) is 10.1 Å². The van der Waals surface area contributed by atoms with Crippen molar-refractivity contribution in [1.29, 1.82) is 5.26 Å². The van der Waals surface area contributed by atoms with Gasteiger partial charge in [0.15, 0.2) is 5.76 Å². The molecule has 0 aliphatic heterocycles. The van der Waals surface area contributed by atoms with Crippen LogP contribution in [0.4, 0.5) is 0 Å². The lowest BCUT2D eigenvalue weighted by Crippen LogP contribution is -2.06. The van der Waals surface area contributed by atoms with Gasteiger partial charge < -0.3 is 4.52 Å². The van der Waals surface area contributed by atoms with Gasteiger partial charge in [0, 0.05) is 11.6 Å². The van der Waals surface area contributed by atoms with Crippen molar-refractivity contribution in [3.8, 4) is 17.3 Å². The fraction of sp³-hybridized carbons (Fsp3) is 0.111. The van der Waals surface area contributed by atoms with Crippen LogP contribution < -0.4 is 0 Å². The normalized spacial score (nSPS) is 11.2. The van der Waals surface area contributed by atoms with E-state index in [1.165, 1.54) is 12.1 Å². The van der Waals surface area contributed by atoms with Gasteiger partial charge >= 0.3 is 0 Å². The molecule has 0 saturated carbocycles. The molecule has 0 aliphatic rings. The quantitative estimate of drug-likeness (QED) is 0.652. The Hall–Kier alpha value is -2.95. The summed E-state index contributed by atoms with van der Waals surface area (Å²) in [5.41, 5.74) is 2.66. The fourth-order valence-electron chi connectivity index (χ4n) is 2.17. The predicted molar refractivity (Wildman–Crippen MR) is 89.8 cm³/mol. The second-order valence-corrected chi connectivity index (χ2v) is 7.02. The Bertz CT molecular complexity index is 1030. The average Bonchev–Trinajstić information content (AvgIpc) is 3.10. The average molecular weight is 354 g/mol. The van der Waals surface area contributed by atoms with Crippen molar-refractivity contribution in [2.24, 2.45) is 0 Å². The lowest BCUT2D eigenvalue weighted by atomic mass is 10.1. The molecule has 1 aromatic heterocycles. The Morgan fingerprint density at radius 2 is 1.92 bits per heavy atom. The molecule has 0 amide bonds. The number of rotatable bonds is 5. The molecule has 1 heterocycles. The van der Waals surface area contributed by atoms with Gasteiger partial charge in [-0.15, -0.1) is 0 Å². The van der Waals surface area contributed by atoms with Crippen LogP contribution in [0.25, 0.3) is 11.3 Å². The Kier molecular flexibility index (Phi) is 4.65. The Balaban J connectivity index is 1.73. The van der Waals surface area contributed by atoms with Crippen LogP contribution in [0.3, 0.4) is 0 Å². The maximum absolute atomic E-state index is 12.2. The lowest BCUT2D eigenvalue weighted by Gasteiger charge is -2.03. The molecular formula is C18H14N2O4S. The molecule has 126 valence electrons. The number of aromatic nitrogens is 1. The maximum Gasteiger partial charge on any atom is 0.297 e. The number of benzene rings is 2. The molecule has 0 radical (unpaired) electrons. The summed E-state index contributed by atoms with van der Waals surface area (Å²) < 4.78 is 34.5. The minimum absolute atomic E-state index is 0.0829. The Morgan fingerprint density at radius 3 is 2.64 bits per heavy atom. The van der Waals surface area contributed by atoms with E-state index in [1.807, 2.05) is 13.0 Å². The summed E-state index contributed by atoms with van der Waals surface area (Å²) in [7, 11) is -3.87. The molecule has 0 bridgehead atoms. The minimum Gasteiger partial charge on any atom is -0.358 e. The third kappa shape index (κ3) is 3.94. The highest BCUT2D eigenvalue weighted by Gasteiger charge is 2.17. The molecule has 7 heteroatoms. The highest BCUT2D eigenvalue weighted by molar-refractivity contribution is 7.86. The van der Waals surface area contributed by atoms with E-state index in [0.717, 1.165) is 5.56 Å². The summed E-state index contributed by atoms with van der Waals surface area (Å²) in [6.45, 7) is 1.61. The molecule has 0 aliphatic carbocycles. The SMILES string of the molecule is Cc1ccc(S(=O)(=O)OCc2cc(-c3cccc(C#N)c3)no2)cc1. The zero-order chi connectivity index (χ0) is 17.9. The standard InChI is InChI=1S/C18H14N2O4S/c1-13-5-7-17(8-6-13)25(21,22)23-12-16-10-18(20-24-16)15-4-2-3-14(9-15)11-19/h2-10H,12H2,1H3. The van der Waals surface area contributed by atoms with Gasteiger partial charge in [-0.3, -0.25) is 4.18 Å². The van der Waals surface area contributed by atoms with Gasteiger partial charge in [-0.2, -0.15) is 13.7 Å². The predicted octanol–water partition coefficient (Wildman–Crippen LogP) is 3.43. The fourth-order valence-corrected chi connectivity index (χ4v) is 3.05. The van der Waals surface area contributed by atoms with Crippen molar-refractivity contribution < 1.29 is 17.1 Å². The third-order valence-corrected chi connectivity index (χ3v) is 4.79.